The third-order valence-electron chi connectivity index (χ3n) is 6.36. The van der Waals surface area contributed by atoms with Crippen LogP contribution in [0.4, 0.5) is 13.2 Å². The summed E-state index contributed by atoms with van der Waals surface area (Å²) in [5, 5.41) is 24.4. The molecule has 1 aromatic carbocycles. The number of hydrogen-bond donors (Lipinski definition) is 2. The van der Waals surface area contributed by atoms with Crippen molar-refractivity contribution < 1.29 is 33.0 Å². The minimum Gasteiger partial charge on any atom is -0.481 e. The molecule has 1 amide bonds. The Balaban J connectivity index is 1.96. The average Bonchev–Trinajstić information content (AvgIpc) is 3.23. The molecule has 2 N–H and O–H groups in total. The number of aliphatic hydroxyl groups is 1. The van der Waals surface area contributed by atoms with Gasteiger partial charge < -0.3 is 15.1 Å². The van der Waals surface area contributed by atoms with Gasteiger partial charge in [0.1, 0.15) is 0 Å². The Bertz CT molecular complexity index is 1120. The van der Waals surface area contributed by atoms with Gasteiger partial charge in [-0.2, -0.15) is 18.3 Å². The van der Waals surface area contributed by atoms with E-state index in [-0.39, 0.29) is 54.4 Å². The lowest BCUT2D eigenvalue weighted by Crippen LogP contribution is -2.41. The summed E-state index contributed by atoms with van der Waals surface area (Å²) in [5.41, 5.74) is -2.14. The molecule has 1 atom stereocenters. The second-order valence-electron chi connectivity index (χ2n) is 10.6. The van der Waals surface area contributed by atoms with Crippen LogP contribution in [-0.4, -0.2) is 49.9 Å². The molecule has 3 rings (SSSR count). The van der Waals surface area contributed by atoms with Crippen LogP contribution in [0.3, 0.4) is 0 Å². The predicted octanol–water partition coefficient (Wildman–Crippen LogP) is 6.25. The van der Waals surface area contributed by atoms with Gasteiger partial charge in [0.15, 0.2) is 5.69 Å². The SMILES string of the molecule is CC(C)(C)CN(C[C@@H](O)c1c(Cl)cccc1Cl)C(=O)c1cnn(C2CCC(C(=O)O)CC2)c1C(F)(F)F. The van der Waals surface area contributed by atoms with Crippen molar-refractivity contribution in [3.05, 3.63) is 51.3 Å². The summed E-state index contributed by atoms with van der Waals surface area (Å²) in [6, 6.07) is 3.95. The Labute approximate surface area is 223 Å². The Morgan fingerprint density at radius 3 is 2.19 bits per heavy atom. The minimum atomic E-state index is -4.89. The number of benzene rings is 1. The third kappa shape index (κ3) is 6.97. The molecule has 1 fully saturated rings. The van der Waals surface area contributed by atoms with Crippen molar-refractivity contribution in [3.63, 3.8) is 0 Å². The number of aliphatic carboxylic acids is 1. The van der Waals surface area contributed by atoms with Gasteiger partial charge in [0.2, 0.25) is 0 Å². The van der Waals surface area contributed by atoms with Gasteiger partial charge in [-0.25, -0.2) is 0 Å². The Morgan fingerprint density at radius 2 is 1.70 bits per heavy atom. The van der Waals surface area contributed by atoms with E-state index in [2.05, 4.69) is 5.10 Å². The minimum absolute atomic E-state index is 0.0389. The number of carbonyl (C=O) groups is 2. The van der Waals surface area contributed by atoms with E-state index >= 15 is 0 Å². The highest BCUT2D eigenvalue weighted by Gasteiger charge is 2.43. The first-order chi connectivity index (χ1) is 17.1. The zero-order valence-electron chi connectivity index (χ0n) is 20.7. The van der Waals surface area contributed by atoms with E-state index in [1.54, 1.807) is 6.07 Å². The Kier molecular flexibility index (Phi) is 8.86. The fraction of sp³-hybridized carbons (Fsp3) is 0.560. The molecule has 0 saturated heterocycles. The number of carboxylic acid groups (broad SMARTS) is 1. The van der Waals surface area contributed by atoms with Crippen LogP contribution in [0.15, 0.2) is 24.4 Å². The highest BCUT2D eigenvalue weighted by molar-refractivity contribution is 6.36. The largest absolute Gasteiger partial charge is 0.481 e. The van der Waals surface area contributed by atoms with Gasteiger partial charge in [-0.3, -0.25) is 14.3 Å². The average molecular weight is 564 g/mol. The molecule has 37 heavy (non-hydrogen) atoms. The molecule has 7 nitrogen and oxygen atoms in total. The fourth-order valence-electron chi connectivity index (χ4n) is 4.74. The molecule has 204 valence electrons. The summed E-state index contributed by atoms with van der Waals surface area (Å²) in [4.78, 5) is 26.0. The monoisotopic (exact) mass is 563 g/mol. The van der Waals surface area contributed by atoms with Crippen LogP contribution in [-0.2, 0) is 11.0 Å². The number of carboxylic acids is 1. The van der Waals surface area contributed by atoms with E-state index in [4.69, 9.17) is 23.2 Å². The second kappa shape index (κ2) is 11.2. The Hall–Kier alpha value is -2.30. The number of carbonyl (C=O) groups excluding carboxylic acids is 1. The lowest BCUT2D eigenvalue weighted by Gasteiger charge is -2.32. The standard InChI is InChI=1S/C25H30Cl2F3N3O4/c1-24(2,3)13-32(12-19(34)20-17(26)5-4-6-18(20)27)22(35)16-11-31-33(21(16)25(28,29)30)15-9-7-14(8-10-15)23(36)37/h4-6,11,14-15,19,34H,7-10,12-13H2,1-3H3,(H,36,37)/t14?,15?,19-/m1/s1. The molecule has 1 aliphatic rings. The van der Waals surface area contributed by atoms with E-state index < -0.39 is 52.8 Å². The molecule has 1 aliphatic carbocycles. The van der Waals surface area contributed by atoms with E-state index in [0.717, 1.165) is 15.8 Å². The normalized spacial score (nSPS) is 19.5. The van der Waals surface area contributed by atoms with Crippen LogP contribution >= 0.6 is 23.2 Å². The number of halogens is 5. The predicted molar refractivity (Wildman–Crippen MR) is 133 cm³/mol. The summed E-state index contributed by atoms with van der Waals surface area (Å²) in [6.45, 7) is 5.15. The summed E-state index contributed by atoms with van der Waals surface area (Å²) in [5.74, 6) is -2.52. The molecular weight excluding hydrogens is 534 g/mol. The number of rotatable bonds is 7. The molecule has 1 saturated carbocycles. The quantitative estimate of drug-likeness (QED) is 0.415. The maximum atomic E-state index is 14.3. The molecule has 0 radical (unpaired) electrons. The van der Waals surface area contributed by atoms with E-state index in [9.17, 15) is 33.0 Å². The highest BCUT2D eigenvalue weighted by Crippen LogP contribution is 2.39. The summed E-state index contributed by atoms with van der Waals surface area (Å²) < 4.78 is 43.7. The van der Waals surface area contributed by atoms with Gasteiger partial charge in [0.25, 0.3) is 5.91 Å². The summed E-state index contributed by atoms with van der Waals surface area (Å²) in [7, 11) is 0. The van der Waals surface area contributed by atoms with Crippen LogP contribution in [0.1, 0.15) is 80.2 Å². The number of hydrogen-bond acceptors (Lipinski definition) is 4. The number of aromatic nitrogens is 2. The van der Waals surface area contributed by atoms with Crippen molar-refractivity contribution in [1.29, 1.82) is 0 Å². The number of amides is 1. The lowest BCUT2D eigenvalue weighted by atomic mass is 9.86. The van der Waals surface area contributed by atoms with Crippen molar-refractivity contribution in [2.24, 2.45) is 11.3 Å². The molecule has 0 bridgehead atoms. The first-order valence-corrected chi connectivity index (χ1v) is 12.6. The molecule has 0 aliphatic heterocycles. The van der Waals surface area contributed by atoms with Crippen molar-refractivity contribution in [3.8, 4) is 0 Å². The van der Waals surface area contributed by atoms with Gasteiger partial charge >= 0.3 is 12.1 Å². The van der Waals surface area contributed by atoms with Crippen LogP contribution < -0.4 is 0 Å². The summed E-state index contributed by atoms with van der Waals surface area (Å²) >= 11 is 12.4. The van der Waals surface area contributed by atoms with E-state index in [0.29, 0.717) is 0 Å². The Morgan fingerprint density at radius 1 is 1.14 bits per heavy atom. The molecule has 1 heterocycles. The van der Waals surface area contributed by atoms with Crippen LogP contribution in [0.5, 0.6) is 0 Å². The van der Waals surface area contributed by atoms with Crippen molar-refractivity contribution >= 4 is 35.1 Å². The van der Waals surface area contributed by atoms with Crippen molar-refractivity contribution in [1.82, 2.24) is 14.7 Å². The smallest absolute Gasteiger partial charge is 0.433 e. The van der Waals surface area contributed by atoms with E-state index in [1.807, 2.05) is 20.8 Å². The van der Waals surface area contributed by atoms with Gasteiger partial charge in [-0.1, -0.05) is 50.0 Å². The van der Waals surface area contributed by atoms with Crippen LogP contribution in [0, 0.1) is 11.3 Å². The van der Waals surface area contributed by atoms with Crippen LogP contribution in [0.2, 0.25) is 10.0 Å². The molecule has 0 spiro atoms. The van der Waals surface area contributed by atoms with Gasteiger partial charge in [0.05, 0.1) is 36.4 Å². The van der Waals surface area contributed by atoms with Gasteiger partial charge in [-0.15, -0.1) is 0 Å². The van der Waals surface area contributed by atoms with Crippen molar-refractivity contribution in [2.45, 2.75) is 64.8 Å². The molecule has 2 aromatic rings. The lowest BCUT2D eigenvalue weighted by molar-refractivity contribution is -0.147. The van der Waals surface area contributed by atoms with E-state index in [1.165, 1.54) is 12.1 Å². The second-order valence-corrected chi connectivity index (χ2v) is 11.4. The van der Waals surface area contributed by atoms with Crippen LogP contribution in [0.25, 0.3) is 0 Å². The first-order valence-electron chi connectivity index (χ1n) is 11.9. The molecular formula is C25H30Cl2F3N3O4. The zero-order valence-corrected chi connectivity index (χ0v) is 22.2. The maximum Gasteiger partial charge on any atom is 0.433 e. The third-order valence-corrected chi connectivity index (χ3v) is 7.02. The molecule has 1 aromatic heterocycles. The van der Waals surface area contributed by atoms with Crippen molar-refractivity contribution in [2.75, 3.05) is 13.1 Å². The molecule has 12 heteroatoms. The zero-order chi connectivity index (χ0) is 27.7. The highest BCUT2D eigenvalue weighted by atomic mass is 35.5. The summed E-state index contributed by atoms with van der Waals surface area (Å²) in [6.07, 6.45) is -4.48. The van der Waals surface area contributed by atoms with Gasteiger partial charge in [-0.05, 0) is 43.2 Å². The number of nitrogens with zero attached hydrogens (tertiary/aromatic N) is 3. The molecule has 0 unspecified atom stereocenters. The number of aliphatic hydroxyl groups excluding tert-OH is 1. The topological polar surface area (TPSA) is 95.7 Å². The van der Waals surface area contributed by atoms with Gasteiger partial charge in [0, 0.05) is 22.2 Å². The fourth-order valence-corrected chi connectivity index (χ4v) is 5.39. The maximum absolute atomic E-state index is 14.3. The number of alkyl halides is 3. The first kappa shape index (κ1) is 29.3.